The van der Waals surface area contributed by atoms with E-state index in [1.54, 1.807) is 12.1 Å². The molecule has 7 heteroatoms. The average molecular weight is 491 g/mol. The van der Waals surface area contributed by atoms with E-state index < -0.39 is 0 Å². The topological polar surface area (TPSA) is 106 Å². The Morgan fingerprint density at radius 1 is 1.10 bits per heavy atom. The maximum atomic E-state index is 13.1. The highest BCUT2D eigenvalue weighted by atomic mass is 79.9. The number of anilines is 2. The number of benzene rings is 2. The van der Waals surface area contributed by atoms with E-state index in [1.807, 2.05) is 36.4 Å². The molecule has 2 heterocycles. The van der Waals surface area contributed by atoms with E-state index in [4.69, 9.17) is 11.5 Å². The lowest BCUT2D eigenvalue weighted by Gasteiger charge is -2.11. The van der Waals surface area contributed by atoms with Gasteiger partial charge in [0, 0.05) is 21.0 Å². The van der Waals surface area contributed by atoms with E-state index >= 15 is 0 Å². The molecule has 31 heavy (non-hydrogen) atoms. The number of carbonyl (C=O) groups excluding carboxylic acids is 1. The molecule has 0 atom stereocenters. The molecule has 2 aromatic carbocycles. The van der Waals surface area contributed by atoms with Crippen LogP contribution in [0.3, 0.4) is 0 Å². The van der Waals surface area contributed by atoms with Gasteiger partial charge < -0.3 is 11.5 Å². The van der Waals surface area contributed by atoms with Crippen molar-refractivity contribution < 1.29 is 4.79 Å². The van der Waals surface area contributed by atoms with Crippen LogP contribution in [0.1, 0.15) is 46.1 Å². The molecule has 154 valence electrons. The second kappa shape index (κ2) is 8.14. The quantitative estimate of drug-likeness (QED) is 0.335. The molecule has 0 aliphatic heterocycles. The maximum Gasteiger partial charge on any atom is 0.205 e. The second-order valence-corrected chi connectivity index (χ2v) is 9.41. The Balaban J connectivity index is 1.96. The summed E-state index contributed by atoms with van der Waals surface area (Å²) in [6.45, 7) is 4.24. The number of nitriles is 1. The van der Waals surface area contributed by atoms with E-state index in [1.165, 1.54) is 16.9 Å². The number of halogens is 1. The summed E-state index contributed by atoms with van der Waals surface area (Å²) in [4.78, 5) is 18.5. The highest BCUT2D eigenvalue weighted by Gasteiger charge is 2.25. The van der Waals surface area contributed by atoms with Gasteiger partial charge in [-0.1, -0.05) is 54.0 Å². The second-order valence-electron chi connectivity index (χ2n) is 7.50. The summed E-state index contributed by atoms with van der Waals surface area (Å²) in [5.41, 5.74) is 16.3. The first-order valence-corrected chi connectivity index (χ1v) is 11.2. The van der Waals surface area contributed by atoms with Crippen LogP contribution in [0.5, 0.6) is 0 Å². The molecule has 4 N–H and O–H groups in total. The minimum Gasteiger partial charge on any atom is -0.397 e. The molecule has 0 amide bonds. The van der Waals surface area contributed by atoms with Crippen LogP contribution in [-0.4, -0.2) is 10.8 Å². The van der Waals surface area contributed by atoms with Gasteiger partial charge in [0.15, 0.2) is 0 Å². The number of pyridine rings is 1. The molecule has 0 aliphatic carbocycles. The van der Waals surface area contributed by atoms with Gasteiger partial charge in [0.1, 0.15) is 27.2 Å². The first-order valence-electron chi connectivity index (χ1n) is 9.64. The molecule has 4 aromatic rings. The van der Waals surface area contributed by atoms with Crippen LogP contribution in [0.15, 0.2) is 53.0 Å². The number of ketones is 1. The third-order valence-electron chi connectivity index (χ3n) is 5.20. The van der Waals surface area contributed by atoms with Crippen LogP contribution in [0.4, 0.5) is 11.5 Å². The van der Waals surface area contributed by atoms with Crippen molar-refractivity contribution in [2.75, 3.05) is 11.5 Å². The predicted octanol–water partition coefficient (Wildman–Crippen LogP) is 6.12. The smallest absolute Gasteiger partial charge is 0.205 e. The lowest BCUT2D eigenvalue weighted by molar-refractivity contribution is 0.104. The van der Waals surface area contributed by atoms with Crippen molar-refractivity contribution in [1.29, 1.82) is 5.26 Å². The number of hydrogen-bond acceptors (Lipinski definition) is 6. The summed E-state index contributed by atoms with van der Waals surface area (Å²) in [5.74, 6) is 0.321. The lowest BCUT2D eigenvalue weighted by atomic mass is 9.94. The van der Waals surface area contributed by atoms with Gasteiger partial charge in [0.05, 0.1) is 5.69 Å². The number of nitrogens with zero attached hydrogens (tertiary/aromatic N) is 2. The van der Waals surface area contributed by atoms with Gasteiger partial charge in [-0.15, -0.1) is 11.3 Å². The minimum atomic E-state index is -0.189. The van der Waals surface area contributed by atoms with Crippen molar-refractivity contribution in [3.05, 3.63) is 74.6 Å². The van der Waals surface area contributed by atoms with Crippen molar-refractivity contribution >= 4 is 54.8 Å². The van der Waals surface area contributed by atoms with Crippen LogP contribution in [-0.2, 0) is 0 Å². The Hall–Kier alpha value is -3.21. The van der Waals surface area contributed by atoms with Crippen molar-refractivity contribution in [1.82, 2.24) is 4.98 Å². The van der Waals surface area contributed by atoms with E-state index in [9.17, 15) is 10.1 Å². The fourth-order valence-corrected chi connectivity index (χ4v) is 4.85. The van der Waals surface area contributed by atoms with E-state index in [-0.39, 0.29) is 17.2 Å². The van der Waals surface area contributed by atoms with Gasteiger partial charge in [0.25, 0.3) is 0 Å². The van der Waals surface area contributed by atoms with Crippen LogP contribution in [0, 0.1) is 11.3 Å². The summed E-state index contributed by atoms with van der Waals surface area (Å²) < 4.78 is 0.883. The molecule has 0 unspecified atom stereocenters. The molecule has 4 rings (SSSR count). The third kappa shape index (κ3) is 3.69. The van der Waals surface area contributed by atoms with Crippen molar-refractivity contribution in [3.8, 4) is 17.2 Å². The van der Waals surface area contributed by atoms with Gasteiger partial charge >= 0.3 is 0 Å². The maximum absolute atomic E-state index is 13.1. The molecule has 0 saturated carbocycles. The SMILES string of the molecule is CC(C)c1ccc(-c2c(C#N)c(N)nc3sc(C(=O)c4ccc(Br)cc4)c(N)c23)cc1. The number of carbonyl (C=O) groups is 1. The van der Waals surface area contributed by atoms with Crippen molar-refractivity contribution in [3.63, 3.8) is 0 Å². The largest absolute Gasteiger partial charge is 0.397 e. The van der Waals surface area contributed by atoms with E-state index in [2.05, 4.69) is 40.8 Å². The number of nitrogens with two attached hydrogens (primary N) is 2. The highest BCUT2D eigenvalue weighted by molar-refractivity contribution is 9.10. The number of fused-ring (bicyclic) bond motifs is 1. The monoisotopic (exact) mass is 490 g/mol. The van der Waals surface area contributed by atoms with Crippen molar-refractivity contribution in [2.24, 2.45) is 0 Å². The van der Waals surface area contributed by atoms with Crippen LogP contribution in [0.25, 0.3) is 21.3 Å². The van der Waals surface area contributed by atoms with Gasteiger partial charge in [0.2, 0.25) is 5.78 Å². The Bertz CT molecular complexity index is 1350. The third-order valence-corrected chi connectivity index (χ3v) is 6.82. The summed E-state index contributed by atoms with van der Waals surface area (Å²) >= 11 is 4.57. The molecule has 0 aliphatic rings. The van der Waals surface area contributed by atoms with Gasteiger partial charge in [-0.25, -0.2) is 4.98 Å². The van der Waals surface area contributed by atoms with Crippen LogP contribution in [0.2, 0.25) is 0 Å². The average Bonchev–Trinajstić information content (AvgIpc) is 3.08. The van der Waals surface area contributed by atoms with Crippen molar-refractivity contribution in [2.45, 2.75) is 19.8 Å². The standard InChI is InChI=1S/C24H19BrN4OS/c1-12(2)13-3-5-14(6-4-13)18-17(11-26)23(28)29-24-19(18)20(27)22(31-24)21(30)15-7-9-16(25)10-8-15/h3-10,12H,27H2,1-2H3,(H2,28,29). The fourth-order valence-electron chi connectivity index (χ4n) is 3.51. The van der Waals surface area contributed by atoms with Gasteiger partial charge in [-0.05, 0) is 41.3 Å². The minimum absolute atomic E-state index is 0.127. The Kier molecular flexibility index (Phi) is 5.52. The molecule has 0 bridgehead atoms. The molecule has 0 radical (unpaired) electrons. The summed E-state index contributed by atoms with van der Waals surface area (Å²) in [6.07, 6.45) is 0. The first-order chi connectivity index (χ1) is 14.8. The van der Waals surface area contributed by atoms with E-state index in [0.29, 0.717) is 37.8 Å². The molecule has 0 fully saturated rings. The predicted molar refractivity (Wildman–Crippen MR) is 130 cm³/mol. The summed E-state index contributed by atoms with van der Waals surface area (Å²) in [6, 6.07) is 17.2. The Morgan fingerprint density at radius 2 is 1.74 bits per heavy atom. The lowest BCUT2D eigenvalue weighted by Crippen LogP contribution is -2.02. The molecule has 5 nitrogen and oxygen atoms in total. The van der Waals surface area contributed by atoms with E-state index in [0.717, 1.165) is 10.0 Å². The molecule has 0 spiro atoms. The molecule has 2 aromatic heterocycles. The zero-order valence-corrected chi connectivity index (χ0v) is 19.3. The highest BCUT2D eigenvalue weighted by Crippen LogP contribution is 2.43. The van der Waals surface area contributed by atoms with Gasteiger partial charge in [-0.3, -0.25) is 4.79 Å². The Morgan fingerprint density at radius 3 is 2.32 bits per heavy atom. The number of thiophene rings is 1. The number of rotatable bonds is 4. The number of aromatic nitrogens is 1. The normalized spacial score (nSPS) is 11.1. The zero-order valence-electron chi connectivity index (χ0n) is 16.9. The molecular weight excluding hydrogens is 472 g/mol. The van der Waals surface area contributed by atoms with Crippen LogP contribution >= 0.6 is 27.3 Å². The summed E-state index contributed by atoms with van der Waals surface area (Å²) in [5, 5.41) is 10.4. The molecular formula is C24H19BrN4OS. The number of hydrogen-bond donors (Lipinski definition) is 2. The summed E-state index contributed by atoms with van der Waals surface area (Å²) in [7, 11) is 0. The van der Waals surface area contributed by atoms with Crippen LogP contribution < -0.4 is 11.5 Å². The Labute approximate surface area is 192 Å². The first kappa shape index (κ1) is 21.0. The number of nitrogen functional groups attached to an aromatic ring is 2. The molecule has 0 saturated heterocycles. The van der Waals surface area contributed by atoms with Gasteiger partial charge in [-0.2, -0.15) is 5.26 Å². The zero-order chi connectivity index (χ0) is 22.3. The fraction of sp³-hybridized carbons (Fsp3) is 0.125.